The standard InChI is InChI=1S/C17H30N2O/c1-5-15(3)19(11-12-20-4)13-14(2)17(18)16-9-7-6-8-10-16/h6-10,14-15,17H,5,11-13,18H2,1-4H3. The van der Waals surface area contributed by atoms with E-state index in [-0.39, 0.29) is 6.04 Å². The Morgan fingerprint density at radius 2 is 1.85 bits per heavy atom. The summed E-state index contributed by atoms with van der Waals surface area (Å²) in [6.07, 6.45) is 1.15. The predicted molar refractivity (Wildman–Crippen MR) is 85.7 cm³/mol. The van der Waals surface area contributed by atoms with Crippen LogP contribution in [-0.4, -0.2) is 37.7 Å². The largest absolute Gasteiger partial charge is 0.383 e. The Hall–Kier alpha value is -0.900. The molecule has 0 amide bonds. The van der Waals surface area contributed by atoms with Crippen molar-refractivity contribution in [2.45, 2.75) is 39.3 Å². The third-order valence-electron chi connectivity index (χ3n) is 4.12. The molecular formula is C17H30N2O. The maximum absolute atomic E-state index is 6.40. The Labute approximate surface area is 124 Å². The van der Waals surface area contributed by atoms with Gasteiger partial charge in [0.15, 0.2) is 0 Å². The first-order valence-electron chi connectivity index (χ1n) is 7.63. The van der Waals surface area contributed by atoms with Gasteiger partial charge in [-0.15, -0.1) is 0 Å². The molecule has 1 aromatic rings. The van der Waals surface area contributed by atoms with Gasteiger partial charge in [-0.1, -0.05) is 44.2 Å². The third-order valence-corrected chi connectivity index (χ3v) is 4.12. The van der Waals surface area contributed by atoms with E-state index < -0.39 is 0 Å². The van der Waals surface area contributed by atoms with Crippen LogP contribution in [0.4, 0.5) is 0 Å². The topological polar surface area (TPSA) is 38.5 Å². The lowest BCUT2D eigenvalue weighted by molar-refractivity contribution is 0.107. The Morgan fingerprint density at radius 1 is 1.20 bits per heavy atom. The van der Waals surface area contributed by atoms with Crippen LogP contribution in [0.15, 0.2) is 30.3 Å². The minimum absolute atomic E-state index is 0.0882. The van der Waals surface area contributed by atoms with Crippen LogP contribution in [-0.2, 0) is 4.74 Å². The molecule has 3 nitrogen and oxygen atoms in total. The molecule has 3 atom stereocenters. The minimum atomic E-state index is 0.0882. The Morgan fingerprint density at radius 3 is 2.40 bits per heavy atom. The second kappa shape index (κ2) is 9.11. The summed E-state index contributed by atoms with van der Waals surface area (Å²) in [4.78, 5) is 2.48. The molecule has 2 N–H and O–H groups in total. The van der Waals surface area contributed by atoms with E-state index in [1.807, 2.05) is 6.07 Å². The molecule has 1 aromatic carbocycles. The lowest BCUT2D eigenvalue weighted by Gasteiger charge is -2.32. The van der Waals surface area contributed by atoms with E-state index >= 15 is 0 Å². The number of nitrogens with zero attached hydrogens (tertiary/aromatic N) is 1. The van der Waals surface area contributed by atoms with Crippen molar-refractivity contribution in [1.29, 1.82) is 0 Å². The van der Waals surface area contributed by atoms with Gasteiger partial charge in [0.1, 0.15) is 0 Å². The molecule has 3 unspecified atom stereocenters. The highest BCUT2D eigenvalue weighted by Crippen LogP contribution is 2.21. The van der Waals surface area contributed by atoms with E-state index in [1.54, 1.807) is 7.11 Å². The summed E-state index contributed by atoms with van der Waals surface area (Å²) in [5.41, 5.74) is 7.62. The second-order valence-electron chi connectivity index (χ2n) is 5.66. The van der Waals surface area contributed by atoms with Gasteiger partial charge in [0.25, 0.3) is 0 Å². The van der Waals surface area contributed by atoms with Crippen molar-refractivity contribution < 1.29 is 4.74 Å². The fourth-order valence-corrected chi connectivity index (χ4v) is 2.45. The first-order chi connectivity index (χ1) is 9.60. The van der Waals surface area contributed by atoms with Gasteiger partial charge in [-0.25, -0.2) is 0 Å². The maximum Gasteiger partial charge on any atom is 0.0589 e. The summed E-state index contributed by atoms with van der Waals surface area (Å²) < 4.78 is 5.22. The fraction of sp³-hybridized carbons (Fsp3) is 0.647. The number of methoxy groups -OCH3 is 1. The van der Waals surface area contributed by atoms with Crippen molar-refractivity contribution in [3.05, 3.63) is 35.9 Å². The van der Waals surface area contributed by atoms with E-state index in [9.17, 15) is 0 Å². The summed E-state index contributed by atoms with van der Waals surface area (Å²) >= 11 is 0. The lowest BCUT2D eigenvalue weighted by Crippen LogP contribution is -2.40. The molecule has 0 aliphatic rings. The van der Waals surface area contributed by atoms with Crippen molar-refractivity contribution in [3.8, 4) is 0 Å². The van der Waals surface area contributed by atoms with Gasteiger partial charge < -0.3 is 10.5 Å². The van der Waals surface area contributed by atoms with Gasteiger partial charge in [0.2, 0.25) is 0 Å². The van der Waals surface area contributed by atoms with Crippen LogP contribution in [0.25, 0.3) is 0 Å². The van der Waals surface area contributed by atoms with Crippen LogP contribution in [0, 0.1) is 5.92 Å². The maximum atomic E-state index is 6.40. The highest BCUT2D eigenvalue weighted by atomic mass is 16.5. The van der Waals surface area contributed by atoms with Crippen molar-refractivity contribution in [1.82, 2.24) is 4.90 Å². The van der Waals surface area contributed by atoms with E-state index in [0.717, 1.165) is 26.1 Å². The van der Waals surface area contributed by atoms with Crippen molar-refractivity contribution in [2.24, 2.45) is 11.7 Å². The first kappa shape index (κ1) is 17.2. The number of ether oxygens (including phenoxy) is 1. The summed E-state index contributed by atoms with van der Waals surface area (Å²) in [5.74, 6) is 0.420. The van der Waals surface area contributed by atoms with E-state index in [1.165, 1.54) is 5.56 Å². The average molecular weight is 278 g/mol. The lowest BCUT2D eigenvalue weighted by atomic mass is 9.94. The quantitative estimate of drug-likeness (QED) is 0.754. The summed E-state index contributed by atoms with van der Waals surface area (Å²) in [7, 11) is 1.76. The van der Waals surface area contributed by atoms with Crippen LogP contribution >= 0.6 is 0 Å². The molecule has 0 aromatic heterocycles. The molecule has 114 valence electrons. The van der Waals surface area contributed by atoms with Crippen LogP contribution in [0.1, 0.15) is 38.8 Å². The van der Waals surface area contributed by atoms with Gasteiger partial charge >= 0.3 is 0 Å². The molecule has 3 heteroatoms. The van der Waals surface area contributed by atoms with Crippen LogP contribution in [0.2, 0.25) is 0 Å². The molecule has 0 saturated heterocycles. The molecule has 0 aliphatic heterocycles. The van der Waals surface area contributed by atoms with Crippen molar-refractivity contribution >= 4 is 0 Å². The molecule has 0 bridgehead atoms. The van der Waals surface area contributed by atoms with Gasteiger partial charge in [-0.05, 0) is 24.8 Å². The Kier molecular flexibility index (Phi) is 7.82. The molecule has 0 spiro atoms. The predicted octanol–water partition coefficient (Wildman–Crippen LogP) is 3.07. The van der Waals surface area contributed by atoms with Gasteiger partial charge in [0, 0.05) is 32.3 Å². The van der Waals surface area contributed by atoms with Gasteiger partial charge in [-0.3, -0.25) is 4.90 Å². The zero-order chi connectivity index (χ0) is 15.0. The molecule has 0 aliphatic carbocycles. The molecule has 0 saturated carbocycles. The Bertz CT molecular complexity index is 355. The van der Waals surface area contributed by atoms with Crippen LogP contribution in [0.5, 0.6) is 0 Å². The van der Waals surface area contributed by atoms with Crippen LogP contribution in [0.3, 0.4) is 0 Å². The smallest absolute Gasteiger partial charge is 0.0589 e. The number of rotatable bonds is 9. The van der Waals surface area contributed by atoms with Crippen LogP contribution < -0.4 is 5.73 Å². The molecule has 20 heavy (non-hydrogen) atoms. The summed E-state index contributed by atoms with van der Waals surface area (Å²) in [6, 6.07) is 11.0. The number of hydrogen-bond acceptors (Lipinski definition) is 3. The summed E-state index contributed by atoms with van der Waals surface area (Å²) in [6.45, 7) is 9.49. The van der Waals surface area contributed by atoms with E-state index in [4.69, 9.17) is 10.5 Å². The third kappa shape index (κ3) is 5.23. The van der Waals surface area contributed by atoms with Gasteiger partial charge in [0.05, 0.1) is 6.61 Å². The minimum Gasteiger partial charge on any atom is -0.383 e. The van der Waals surface area contributed by atoms with E-state index in [0.29, 0.717) is 12.0 Å². The average Bonchev–Trinajstić information content (AvgIpc) is 2.50. The van der Waals surface area contributed by atoms with Crippen molar-refractivity contribution in [2.75, 3.05) is 26.8 Å². The molecule has 1 rings (SSSR count). The van der Waals surface area contributed by atoms with Gasteiger partial charge in [-0.2, -0.15) is 0 Å². The van der Waals surface area contributed by atoms with Crippen molar-refractivity contribution in [3.63, 3.8) is 0 Å². The molecule has 0 radical (unpaired) electrons. The zero-order valence-corrected chi connectivity index (χ0v) is 13.4. The SMILES string of the molecule is CCC(C)N(CCOC)CC(C)C(N)c1ccccc1. The monoisotopic (exact) mass is 278 g/mol. The normalized spacial score (nSPS) is 16.1. The highest BCUT2D eigenvalue weighted by Gasteiger charge is 2.20. The zero-order valence-electron chi connectivity index (χ0n) is 13.4. The number of hydrogen-bond donors (Lipinski definition) is 1. The number of benzene rings is 1. The molecule has 0 heterocycles. The summed E-state index contributed by atoms with van der Waals surface area (Å²) in [5, 5.41) is 0. The highest BCUT2D eigenvalue weighted by molar-refractivity contribution is 5.19. The fourth-order valence-electron chi connectivity index (χ4n) is 2.45. The Balaban J connectivity index is 2.62. The first-order valence-corrected chi connectivity index (χ1v) is 7.63. The second-order valence-corrected chi connectivity index (χ2v) is 5.66. The molecule has 0 fully saturated rings. The van der Waals surface area contributed by atoms with E-state index in [2.05, 4.69) is 49.9 Å². The molecular weight excluding hydrogens is 248 g/mol. The number of nitrogens with two attached hydrogens (primary N) is 1.